The highest BCUT2D eigenvalue weighted by molar-refractivity contribution is 5.93. The molecule has 3 atom stereocenters. The summed E-state index contributed by atoms with van der Waals surface area (Å²) < 4.78 is 29.4. The van der Waals surface area contributed by atoms with E-state index in [0.29, 0.717) is 67.3 Å². The van der Waals surface area contributed by atoms with E-state index in [9.17, 15) is 33.6 Å². The second kappa shape index (κ2) is 22.9. The predicted octanol–water partition coefficient (Wildman–Crippen LogP) is 1.98. The molecule has 378 valence electrons. The molecule has 4 aliphatic heterocycles. The molecule has 22 heteroatoms. The lowest BCUT2D eigenvalue weighted by atomic mass is 9.86. The molecule has 0 saturated carbocycles. The van der Waals surface area contributed by atoms with E-state index in [1.807, 2.05) is 78.2 Å². The third-order valence-corrected chi connectivity index (χ3v) is 12.6. The fourth-order valence-corrected chi connectivity index (χ4v) is 8.79. The molecule has 22 nitrogen and oxygen atoms in total. The Bertz CT molecular complexity index is 2910. The number of carbonyl (C=O) groups is 5. The Morgan fingerprint density at radius 2 is 1.31 bits per heavy atom. The lowest BCUT2D eigenvalue weighted by Gasteiger charge is -2.40. The van der Waals surface area contributed by atoms with Crippen LogP contribution in [0.3, 0.4) is 0 Å². The van der Waals surface area contributed by atoms with Gasteiger partial charge in [0.1, 0.15) is 12.1 Å². The van der Waals surface area contributed by atoms with Crippen LogP contribution in [0, 0.1) is 0 Å². The molecule has 1 saturated heterocycles. The highest BCUT2D eigenvalue weighted by atomic mass is 16.7. The van der Waals surface area contributed by atoms with Crippen LogP contribution in [0.15, 0.2) is 119 Å². The van der Waals surface area contributed by atoms with Crippen molar-refractivity contribution in [2.75, 3.05) is 33.8 Å². The van der Waals surface area contributed by atoms with Crippen LogP contribution in [0.25, 0.3) is 0 Å². The maximum atomic E-state index is 14.3. The number of hydrogen-bond acceptors (Lipinski definition) is 13. The minimum Gasteiger partial charge on any atom is -0.454 e. The Hall–Kier alpha value is -8.53. The number of hydrazine groups is 1. The zero-order valence-corrected chi connectivity index (χ0v) is 39.4. The first-order valence-corrected chi connectivity index (χ1v) is 23.4. The number of methoxy groups -OCH3 is 1. The summed E-state index contributed by atoms with van der Waals surface area (Å²) in [6.07, 6.45) is 5.21. The Kier molecular flexibility index (Phi) is 15.9. The number of allylic oxidation sites excluding steroid dienone is 1. The first-order chi connectivity index (χ1) is 34.9. The van der Waals surface area contributed by atoms with Crippen LogP contribution < -0.4 is 68.2 Å². The zero-order valence-electron chi connectivity index (χ0n) is 39.4. The smallest absolute Gasteiger partial charge is 0.425 e. The van der Waals surface area contributed by atoms with E-state index in [4.69, 9.17) is 24.7 Å². The number of fused-ring (bicyclic) bond motifs is 4. The summed E-state index contributed by atoms with van der Waals surface area (Å²) in [5.41, 5.74) is 11.3. The van der Waals surface area contributed by atoms with Crippen molar-refractivity contribution in [3.63, 3.8) is 0 Å². The first-order valence-electron chi connectivity index (χ1n) is 23.4. The van der Waals surface area contributed by atoms with Crippen molar-refractivity contribution in [2.24, 2.45) is 5.73 Å². The molecule has 1 unspecified atom stereocenters. The number of rotatable bonds is 15. The number of nitrogens with one attached hydrogen (secondary N) is 6. The second-order valence-corrected chi connectivity index (χ2v) is 17.3. The summed E-state index contributed by atoms with van der Waals surface area (Å²) in [5, 5.41) is 11.5. The average Bonchev–Trinajstić information content (AvgIpc) is 4.14. The van der Waals surface area contributed by atoms with Crippen LogP contribution in [0.4, 0.5) is 9.59 Å². The number of urea groups is 1. The molecule has 1 spiro atoms. The molecule has 0 aliphatic carbocycles. The van der Waals surface area contributed by atoms with Gasteiger partial charge >= 0.3 is 23.5 Å². The minimum atomic E-state index is -1.23. The van der Waals surface area contributed by atoms with Crippen molar-refractivity contribution in [1.82, 2.24) is 46.0 Å². The van der Waals surface area contributed by atoms with E-state index in [-0.39, 0.29) is 39.5 Å². The lowest BCUT2D eigenvalue weighted by Crippen LogP contribution is -2.56. The molecule has 0 radical (unpaired) electrons. The fraction of sp³-hybridized carbons (Fsp3) is 0.340. The molecule has 5 heterocycles. The van der Waals surface area contributed by atoms with E-state index in [0.717, 1.165) is 21.3 Å². The van der Waals surface area contributed by atoms with Crippen molar-refractivity contribution in [3.8, 4) is 23.0 Å². The summed E-state index contributed by atoms with van der Waals surface area (Å²) in [4.78, 5) is 91.2. The number of hydrogen-bond donors (Lipinski definition) is 7. The maximum Gasteiger partial charge on any atom is 0.425 e. The van der Waals surface area contributed by atoms with Gasteiger partial charge in [0.2, 0.25) is 31.3 Å². The Labute approximate surface area is 412 Å². The standard InChI is InChI=1S/C39H43N7O7.C11H13N3O5/c40-34(47)29(14-11-26-7-3-1-4-8-26)42-35(48)30(15-12-27-9-5-2-6-10-27)43-36(49)31-17-18-39(19-21-41-22-20-39)46-38(51)44(37(50)45(31)46)24-28-13-16-32-33(23-28)53-25-52-32;1-17-11(16)14-13-10(15)12-5-7-2-3-8-9(4-7)19-6-18-8/h1-10,13,16-18,23,29-31,41H,11-12,14-15,19-22,24-25H2,(H2,40,47)(H,42,48)(H,43,49);2-4H,5-6H2,1H3,(H,14,16)(H2,12,13,15)/t29-,30-,31?;/m0./s1. The number of aryl methyl sites for hydroxylation is 2. The minimum absolute atomic E-state index is 0.0520. The molecule has 1 aromatic heterocycles. The van der Waals surface area contributed by atoms with Crippen molar-refractivity contribution < 1.29 is 47.7 Å². The van der Waals surface area contributed by atoms with Gasteiger partial charge in [-0.3, -0.25) is 14.4 Å². The monoisotopic (exact) mass is 988 g/mol. The van der Waals surface area contributed by atoms with Crippen LogP contribution in [-0.2, 0) is 50.6 Å². The summed E-state index contributed by atoms with van der Waals surface area (Å²) in [6.45, 7) is 1.75. The molecule has 8 N–H and O–H groups in total. The Morgan fingerprint density at radius 1 is 0.722 bits per heavy atom. The molecule has 5 aromatic rings. The van der Waals surface area contributed by atoms with Gasteiger partial charge in [0, 0.05) is 6.54 Å². The third kappa shape index (κ3) is 11.9. The number of amides is 6. The molecule has 4 aliphatic rings. The first kappa shape index (κ1) is 49.9. The van der Waals surface area contributed by atoms with Gasteiger partial charge in [-0.15, -0.1) is 0 Å². The van der Waals surface area contributed by atoms with Crippen molar-refractivity contribution >= 4 is 29.8 Å². The average molecular weight is 989 g/mol. The van der Waals surface area contributed by atoms with Crippen molar-refractivity contribution in [2.45, 2.75) is 75.3 Å². The highest BCUT2D eigenvalue weighted by Crippen LogP contribution is 2.35. The summed E-state index contributed by atoms with van der Waals surface area (Å²) in [7, 11) is 1.20. The van der Waals surface area contributed by atoms with Crippen LogP contribution in [-0.4, -0.2) is 89.6 Å². The second-order valence-electron chi connectivity index (χ2n) is 17.3. The molecule has 4 aromatic carbocycles. The molecule has 9 rings (SSSR count). The number of nitrogens with two attached hydrogens (primary N) is 1. The van der Waals surface area contributed by atoms with Gasteiger partial charge in [-0.05, 0) is 98.1 Å². The van der Waals surface area contributed by atoms with Crippen LogP contribution in [0.5, 0.6) is 23.0 Å². The predicted molar refractivity (Wildman–Crippen MR) is 259 cm³/mol. The lowest BCUT2D eigenvalue weighted by molar-refractivity contribution is -0.132. The Balaban J connectivity index is 0.000000306. The number of aromatic nitrogens is 3. The van der Waals surface area contributed by atoms with Crippen molar-refractivity contribution in [1.29, 1.82) is 0 Å². The number of nitrogens with zero attached hydrogens (tertiary/aromatic N) is 3. The normalized spacial score (nSPS) is 16.2. The third-order valence-electron chi connectivity index (χ3n) is 12.6. The zero-order chi connectivity index (χ0) is 50.6. The highest BCUT2D eigenvalue weighted by Gasteiger charge is 2.43. The topological polar surface area (TPSA) is 279 Å². The number of carbonyl (C=O) groups excluding carboxylic acids is 5. The molecule has 1 fully saturated rings. The number of benzene rings is 4. The summed E-state index contributed by atoms with van der Waals surface area (Å²) in [6, 6.07) is 25.8. The van der Waals surface area contributed by atoms with Crippen LogP contribution in [0.2, 0.25) is 0 Å². The quantitative estimate of drug-likeness (QED) is 0.0585. The SMILES string of the molecule is COC(=O)NNC(=O)NCc1ccc2c(c1)OCO2.NC(=O)[C@H](CCc1ccccc1)NC(=O)[C@H](CCc1ccccc1)NC(=O)C1C=CC2(CCNCC2)n2c(=O)n(Cc3ccc4c(c3)OCO4)c(=O)n21. The van der Waals surface area contributed by atoms with Crippen LogP contribution in [0.1, 0.15) is 54.0 Å². The number of primary amides is 1. The molecule has 6 amide bonds. The molecule has 72 heavy (non-hydrogen) atoms. The summed E-state index contributed by atoms with van der Waals surface area (Å²) in [5.74, 6) is 0.511. The number of ether oxygens (including phenoxy) is 5. The molecular weight excluding hydrogens is 933 g/mol. The van der Waals surface area contributed by atoms with E-state index >= 15 is 0 Å². The molecule has 0 bridgehead atoms. The summed E-state index contributed by atoms with van der Waals surface area (Å²) >= 11 is 0. The van der Waals surface area contributed by atoms with E-state index < -0.39 is 64.9 Å². The van der Waals surface area contributed by atoms with E-state index in [2.05, 4.69) is 31.4 Å². The Morgan fingerprint density at radius 3 is 1.92 bits per heavy atom. The van der Waals surface area contributed by atoms with Gasteiger partial charge in [0.05, 0.1) is 19.2 Å². The van der Waals surface area contributed by atoms with Gasteiger partial charge in [-0.1, -0.05) is 84.9 Å². The van der Waals surface area contributed by atoms with Gasteiger partial charge in [0.15, 0.2) is 29.0 Å². The van der Waals surface area contributed by atoms with Gasteiger partial charge in [-0.25, -0.2) is 44.0 Å². The van der Waals surface area contributed by atoms with Gasteiger partial charge in [-0.2, -0.15) is 0 Å². The fourth-order valence-electron chi connectivity index (χ4n) is 8.79. The molecular formula is C50H56N10O12. The maximum absolute atomic E-state index is 14.3. The van der Waals surface area contributed by atoms with Crippen LogP contribution >= 0.6 is 0 Å². The van der Waals surface area contributed by atoms with E-state index in [1.165, 1.54) is 16.5 Å². The van der Waals surface area contributed by atoms with Crippen molar-refractivity contribution in [3.05, 3.63) is 152 Å². The number of piperidine rings is 1. The van der Waals surface area contributed by atoms with E-state index in [1.54, 1.807) is 36.4 Å². The largest absolute Gasteiger partial charge is 0.454 e. The van der Waals surface area contributed by atoms with Gasteiger partial charge in [0.25, 0.3) is 0 Å². The van der Waals surface area contributed by atoms with Gasteiger partial charge < -0.3 is 50.7 Å².